The number of carbonyl (C=O) groups excluding carboxylic acids is 1. The molecule has 0 aromatic heterocycles. The van der Waals surface area contributed by atoms with Crippen molar-refractivity contribution in [2.75, 3.05) is 6.54 Å². The fourth-order valence-electron chi connectivity index (χ4n) is 2.48. The Kier molecular flexibility index (Phi) is 5.13. The van der Waals surface area contributed by atoms with Gasteiger partial charge in [-0.05, 0) is 22.8 Å². The molecule has 0 radical (unpaired) electrons. The highest BCUT2D eigenvalue weighted by Crippen LogP contribution is 2.18. The molecule has 2 aromatic rings. The molecular weight excluding hydrogens is 248 g/mol. The number of fused-ring (bicyclic) bond motifs is 1. The summed E-state index contributed by atoms with van der Waals surface area (Å²) in [5, 5.41) is 5.40. The summed E-state index contributed by atoms with van der Waals surface area (Å²) in [7, 11) is 0. The number of amides is 1. The monoisotopic (exact) mass is 270 g/mol. The van der Waals surface area contributed by atoms with E-state index in [-0.39, 0.29) is 11.8 Å². The van der Waals surface area contributed by atoms with Crippen molar-refractivity contribution in [2.24, 2.45) is 11.7 Å². The van der Waals surface area contributed by atoms with Gasteiger partial charge < -0.3 is 11.1 Å². The van der Waals surface area contributed by atoms with E-state index in [4.69, 9.17) is 5.73 Å². The highest BCUT2D eigenvalue weighted by molar-refractivity contribution is 5.86. The van der Waals surface area contributed by atoms with E-state index in [1.807, 2.05) is 18.2 Å². The Morgan fingerprint density at radius 3 is 2.70 bits per heavy atom. The Labute approximate surface area is 120 Å². The molecule has 0 aliphatic heterocycles. The van der Waals surface area contributed by atoms with Gasteiger partial charge in [0, 0.05) is 13.1 Å². The topological polar surface area (TPSA) is 55.1 Å². The van der Waals surface area contributed by atoms with E-state index in [1.165, 1.54) is 10.8 Å². The summed E-state index contributed by atoms with van der Waals surface area (Å²) in [6, 6.07) is 14.4. The molecule has 0 spiro atoms. The number of nitrogens with one attached hydrogen (secondary N) is 1. The van der Waals surface area contributed by atoms with Crippen LogP contribution < -0.4 is 11.1 Å². The van der Waals surface area contributed by atoms with Crippen LogP contribution in [0.25, 0.3) is 10.8 Å². The summed E-state index contributed by atoms with van der Waals surface area (Å²) in [4.78, 5) is 12.1. The fourth-order valence-corrected chi connectivity index (χ4v) is 2.48. The first-order chi connectivity index (χ1) is 9.76. The lowest BCUT2D eigenvalue weighted by Crippen LogP contribution is -2.34. The van der Waals surface area contributed by atoms with Crippen LogP contribution in [0.1, 0.15) is 25.3 Å². The van der Waals surface area contributed by atoms with Crippen molar-refractivity contribution in [2.45, 2.75) is 26.3 Å². The molecule has 1 unspecified atom stereocenters. The lowest BCUT2D eigenvalue weighted by molar-refractivity contribution is -0.125. The molecule has 0 aliphatic carbocycles. The summed E-state index contributed by atoms with van der Waals surface area (Å²) >= 11 is 0. The first kappa shape index (κ1) is 14.5. The molecule has 0 heterocycles. The van der Waals surface area contributed by atoms with E-state index in [1.54, 1.807) is 0 Å². The van der Waals surface area contributed by atoms with E-state index >= 15 is 0 Å². The van der Waals surface area contributed by atoms with Crippen LogP contribution >= 0.6 is 0 Å². The average Bonchev–Trinajstić information content (AvgIpc) is 2.50. The molecule has 0 fully saturated rings. The van der Waals surface area contributed by atoms with Crippen molar-refractivity contribution >= 4 is 16.7 Å². The van der Waals surface area contributed by atoms with E-state index in [9.17, 15) is 4.79 Å². The van der Waals surface area contributed by atoms with E-state index in [2.05, 4.69) is 36.5 Å². The van der Waals surface area contributed by atoms with Crippen LogP contribution in [0.2, 0.25) is 0 Å². The van der Waals surface area contributed by atoms with Gasteiger partial charge in [-0.2, -0.15) is 0 Å². The molecule has 1 amide bonds. The predicted molar refractivity (Wildman–Crippen MR) is 83.2 cm³/mol. The van der Waals surface area contributed by atoms with Crippen LogP contribution in [0.5, 0.6) is 0 Å². The molecule has 2 aromatic carbocycles. The number of rotatable bonds is 6. The quantitative estimate of drug-likeness (QED) is 0.848. The zero-order chi connectivity index (χ0) is 14.4. The largest absolute Gasteiger partial charge is 0.352 e. The minimum Gasteiger partial charge on any atom is -0.352 e. The molecule has 0 saturated carbocycles. The second kappa shape index (κ2) is 7.06. The van der Waals surface area contributed by atoms with Gasteiger partial charge in [-0.3, -0.25) is 4.79 Å². The van der Waals surface area contributed by atoms with Gasteiger partial charge in [0.25, 0.3) is 0 Å². The normalized spacial score (nSPS) is 12.3. The number of hydrogen-bond acceptors (Lipinski definition) is 2. The molecule has 3 heteroatoms. The molecule has 2 rings (SSSR count). The summed E-state index contributed by atoms with van der Waals surface area (Å²) in [5.41, 5.74) is 6.80. The van der Waals surface area contributed by atoms with E-state index < -0.39 is 0 Å². The average molecular weight is 270 g/mol. The predicted octanol–water partition coefficient (Wildman–Crippen LogP) is 2.83. The van der Waals surface area contributed by atoms with Gasteiger partial charge in [-0.1, -0.05) is 55.8 Å². The van der Waals surface area contributed by atoms with Crippen molar-refractivity contribution in [3.8, 4) is 0 Å². The molecule has 3 nitrogen and oxygen atoms in total. The van der Waals surface area contributed by atoms with Gasteiger partial charge in [-0.25, -0.2) is 0 Å². The molecular formula is C17H22N2O. The van der Waals surface area contributed by atoms with Crippen molar-refractivity contribution in [1.29, 1.82) is 0 Å². The van der Waals surface area contributed by atoms with Crippen LogP contribution in [-0.2, 0) is 11.3 Å². The highest BCUT2D eigenvalue weighted by atomic mass is 16.1. The van der Waals surface area contributed by atoms with Crippen LogP contribution in [0.3, 0.4) is 0 Å². The third-order valence-electron chi connectivity index (χ3n) is 3.63. The Morgan fingerprint density at radius 2 is 1.95 bits per heavy atom. The zero-order valence-corrected chi connectivity index (χ0v) is 11.9. The van der Waals surface area contributed by atoms with Gasteiger partial charge >= 0.3 is 0 Å². The van der Waals surface area contributed by atoms with Crippen LogP contribution in [-0.4, -0.2) is 12.5 Å². The maximum atomic E-state index is 12.1. The second-order valence-corrected chi connectivity index (χ2v) is 5.08. The SMILES string of the molecule is CCCC(CN)C(=O)NCc1cccc2ccccc12. The lowest BCUT2D eigenvalue weighted by atomic mass is 10.0. The highest BCUT2D eigenvalue weighted by Gasteiger charge is 2.15. The van der Waals surface area contributed by atoms with E-state index in [0.29, 0.717) is 13.1 Å². The lowest BCUT2D eigenvalue weighted by Gasteiger charge is -2.14. The zero-order valence-electron chi connectivity index (χ0n) is 11.9. The van der Waals surface area contributed by atoms with Crippen molar-refractivity contribution in [1.82, 2.24) is 5.32 Å². The summed E-state index contributed by atoms with van der Waals surface area (Å²) in [6.07, 6.45) is 1.82. The van der Waals surface area contributed by atoms with Crippen LogP contribution in [0.15, 0.2) is 42.5 Å². The number of benzene rings is 2. The first-order valence-electron chi connectivity index (χ1n) is 7.20. The molecule has 0 aliphatic rings. The van der Waals surface area contributed by atoms with Gasteiger partial charge in [0.15, 0.2) is 0 Å². The van der Waals surface area contributed by atoms with Crippen molar-refractivity contribution in [3.63, 3.8) is 0 Å². The van der Waals surface area contributed by atoms with Crippen LogP contribution in [0, 0.1) is 5.92 Å². The van der Waals surface area contributed by atoms with Crippen LogP contribution in [0.4, 0.5) is 0 Å². The Morgan fingerprint density at radius 1 is 1.20 bits per heavy atom. The molecule has 0 saturated heterocycles. The Hall–Kier alpha value is -1.87. The van der Waals surface area contributed by atoms with E-state index in [0.717, 1.165) is 18.4 Å². The summed E-state index contributed by atoms with van der Waals surface area (Å²) in [6.45, 7) is 3.04. The summed E-state index contributed by atoms with van der Waals surface area (Å²) in [5.74, 6) is -0.0164. The van der Waals surface area contributed by atoms with Crippen molar-refractivity contribution < 1.29 is 4.79 Å². The minimum atomic E-state index is -0.0741. The van der Waals surface area contributed by atoms with Gasteiger partial charge in [0.1, 0.15) is 0 Å². The number of carbonyl (C=O) groups is 1. The fraction of sp³-hybridized carbons (Fsp3) is 0.353. The van der Waals surface area contributed by atoms with Gasteiger partial charge in [-0.15, -0.1) is 0 Å². The second-order valence-electron chi connectivity index (χ2n) is 5.08. The standard InChI is InChI=1S/C17H22N2O/c1-2-6-14(11-18)17(20)19-12-15-9-5-8-13-7-3-4-10-16(13)15/h3-5,7-10,14H,2,6,11-12,18H2,1H3,(H,19,20). The third kappa shape index (κ3) is 3.36. The minimum absolute atomic E-state index is 0.0577. The summed E-state index contributed by atoms with van der Waals surface area (Å²) < 4.78 is 0. The maximum absolute atomic E-state index is 12.1. The maximum Gasteiger partial charge on any atom is 0.224 e. The molecule has 20 heavy (non-hydrogen) atoms. The Bertz CT molecular complexity index is 575. The third-order valence-corrected chi connectivity index (χ3v) is 3.63. The van der Waals surface area contributed by atoms with Gasteiger partial charge in [0.2, 0.25) is 5.91 Å². The number of hydrogen-bond donors (Lipinski definition) is 2. The number of nitrogens with two attached hydrogens (primary N) is 1. The smallest absolute Gasteiger partial charge is 0.224 e. The molecule has 0 bridgehead atoms. The molecule has 106 valence electrons. The Balaban J connectivity index is 2.07. The molecule has 3 N–H and O–H groups in total. The molecule has 1 atom stereocenters. The van der Waals surface area contributed by atoms with Gasteiger partial charge in [0.05, 0.1) is 5.92 Å². The first-order valence-corrected chi connectivity index (χ1v) is 7.20. The van der Waals surface area contributed by atoms with Crippen molar-refractivity contribution in [3.05, 3.63) is 48.0 Å².